The Kier molecular flexibility index (Phi) is 10.8. The molecule has 0 spiro atoms. The summed E-state index contributed by atoms with van der Waals surface area (Å²) in [5, 5.41) is 3.14. The van der Waals surface area contributed by atoms with Crippen molar-refractivity contribution in [3.63, 3.8) is 0 Å². The Bertz CT molecular complexity index is 405. The van der Waals surface area contributed by atoms with Gasteiger partial charge < -0.3 is 24.8 Å². The SMILES string of the molecule is CC[Si](CC)(C1=[C-]CC=C1C)C1=[C-]CC=C1C.[Cl-].[Cl-].[Ti+4]. The van der Waals surface area contributed by atoms with Crippen molar-refractivity contribution in [3.05, 3.63) is 45.8 Å². The molecule has 0 aromatic heterocycles. The fraction of sp³-hybridized carbons (Fsp3) is 0.500. The van der Waals surface area contributed by atoms with Gasteiger partial charge in [0.25, 0.3) is 0 Å². The molecule has 108 valence electrons. The molecular formula is C16H22Cl2SiTi. The van der Waals surface area contributed by atoms with Gasteiger partial charge >= 0.3 is 21.7 Å². The maximum Gasteiger partial charge on any atom is 4.00 e. The molecule has 0 atom stereocenters. The number of hydrogen-bond acceptors (Lipinski definition) is 0. The fourth-order valence-electron chi connectivity index (χ4n) is 3.27. The topological polar surface area (TPSA) is 0 Å². The largest absolute Gasteiger partial charge is 4.00 e. The van der Waals surface area contributed by atoms with Crippen LogP contribution in [0.4, 0.5) is 0 Å². The zero-order chi connectivity index (χ0) is 12.5. The van der Waals surface area contributed by atoms with Crippen LogP contribution >= 0.6 is 0 Å². The van der Waals surface area contributed by atoms with E-state index in [1.807, 2.05) is 0 Å². The molecule has 4 heteroatoms. The van der Waals surface area contributed by atoms with Crippen LogP contribution in [0.25, 0.3) is 0 Å². The summed E-state index contributed by atoms with van der Waals surface area (Å²) in [6, 6.07) is 2.56. The van der Waals surface area contributed by atoms with Crippen LogP contribution in [0.2, 0.25) is 12.1 Å². The standard InChI is InChI=1S/C16H22Si.2ClH.Ti/c1-5-17(6-2,15-11-7-9-13(15)3)16-12-8-10-14(16)4;;;/h9-10H,5-8H2,1-4H3;2*1H;/q-2;;;+4/p-2. The second kappa shape index (κ2) is 9.48. The third-order valence-electron chi connectivity index (χ3n) is 4.33. The van der Waals surface area contributed by atoms with Crippen molar-refractivity contribution in [3.8, 4) is 0 Å². The summed E-state index contributed by atoms with van der Waals surface area (Å²) in [6.07, 6.45) is 14.0. The smallest absolute Gasteiger partial charge is 1.00 e. The van der Waals surface area contributed by atoms with Gasteiger partial charge in [0.05, 0.1) is 0 Å². The molecule has 0 radical (unpaired) electrons. The summed E-state index contributed by atoms with van der Waals surface area (Å²) in [5.74, 6) is 0. The Morgan fingerprint density at radius 3 is 1.45 bits per heavy atom. The molecule has 0 amide bonds. The minimum Gasteiger partial charge on any atom is -1.00 e. The maximum atomic E-state index is 3.64. The first-order valence-corrected chi connectivity index (χ1v) is 9.14. The summed E-state index contributed by atoms with van der Waals surface area (Å²) in [6.45, 7) is 9.24. The molecule has 0 saturated carbocycles. The van der Waals surface area contributed by atoms with Crippen molar-refractivity contribution in [1.29, 1.82) is 0 Å². The number of hydrogen-bond donors (Lipinski definition) is 0. The zero-order valence-electron chi connectivity index (χ0n) is 12.7. The van der Waals surface area contributed by atoms with E-state index in [9.17, 15) is 0 Å². The van der Waals surface area contributed by atoms with E-state index in [-0.39, 0.29) is 46.5 Å². The van der Waals surface area contributed by atoms with Gasteiger partial charge in [0.2, 0.25) is 0 Å². The molecule has 0 fully saturated rings. The average molecular weight is 361 g/mol. The molecule has 0 saturated heterocycles. The third kappa shape index (κ3) is 3.81. The summed E-state index contributed by atoms with van der Waals surface area (Å²) in [7, 11) is -1.53. The van der Waals surface area contributed by atoms with E-state index in [0.29, 0.717) is 0 Å². The second-order valence-corrected chi connectivity index (χ2v) is 9.65. The van der Waals surface area contributed by atoms with E-state index >= 15 is 0 Å². The van der Waals surface area contributed by atoms with E-state index in [4.69, 9.17) is 0 Å². The first kappa shape index (κ1) is 22.7. The number of allylic oxidation sites excluding steroid dienone is 8. The predicted molar refractivity (Wildman–Crippen MR) is 77.0 cm³/mol. The van der Waals surface area contributed by atoms with Crippen molar-refractivity contribution in [2.75, 3.05) is 0 Å². The van der Waals surface area contributed by atoms with Crippen LogP contribution in [0.15, 0.2) is 33.7 Å². The van der Waals surface area contributed by atoms with Crippen molar-refractivity contribution >= 4 is 8.07 Å². The molecule has 0 nitrogen and oxygen atoms in total. The van der Waals surface area contributed by atoms with E-state index in [1.165, 1.54) is 23.2 Å². The third-order valence-corrected chi connectivity index (χ3v) is 9.80. The predicted octanol–water partition coefficient (Wildman–Crippen LogP) is -1.28. The van der Waals surface area contributed by atoms with Gasteiger partial charge in [-0.2, -0.15) is 12.2 Å². The van der Waals surface area contributed by atoms with Gasteiger partial charge in [-0.05, 0) is 0 Å². The summed E-state index contributed by atoms with van der Waals surface area (Å²) in [4.78, 5) is 0. The van der Waals surface area contributed by atoms with Crippen LogP contribution in [0.5, 0.6) is 0 Å². The molecule has 0 aromatic rings. The molecule has 2 aliphatic rings. The minimum absolute atomic E-state index is 0. The van der Waals surface area contributed by atoms with E-state index in [2.05, 4.69) is 52.0 Å². The summed E-state index contributed by atoms with van der Waals surface area (Å²) < 4.78 is 0. The van der Waals surface area contributed by atoms with Crippen molar-refractivity contribution in [2.24, 2.45) is 0 Å². The van der Waals surface area contributed by atoms with Crippen molar-refractivity contribution in [1.82, 2.24) is 0 Å². The first-order valence-electron chi connectivity index (χ1n) is 6.72. The second-order valence-electron chi connectivity index (χ2n) is 5.08. The molecule has 0 heterocycles. The van der Waals surface area contributed by atoms with E-state index in [0.717, 1.165) is 12.8 Å². The minimum atomic E-state index is -1.53. The summed E-state index contributed by atoms with van der Waals surface area (Å²) in [5.41, 5.74) is 2.96. The Morgan fingerprint density at radius 2 is 1.25 bits per heavy atom. The van der Waals surface area contributed by atoms with Gasteiger partial charge in [-0.15, -0.1) is 26.7 Å². The zero-order valence-corrected chi connectivity index (χ0v) is 16.8. The summed E-state index contributed by atoms with van der Waals surface area (Å²) >= 11 is 0. The first-order chi connectivity index (χ1) is 8.15. The van der Waals surface area contributed by atoms with Crippen LogP contribution in [-0.2, 0) is 21.7 Å². The number of halogens is 2. The van der Waals surface area contributed by atoms with Crippen LogP contribution in [0.3, 0.4) is 0 Å². The van der Waals surface area contributed by atoms with Crippen LogP contribution < -0.4 is 24.8 Å². The maximum absolute atomic E-state index is 3.64. The molecule has 0 bridgehead atoms. The van der Waals surface area contributed by atoms with E-state index < -0.39 is 8.07 Å². The van der Waals surface area contributed by atoms with Crippen LogP contribution in [0.1, 0.15) is 40.5 Å². The van der Waals surface area contributed by atoms with Crippen LogP contribution in [-0.4, -0.2) is 8.07 Å². The molecule has 2 rings (SSSR count). The van der Waals surface area contributed by atoms with Crippen molar-refractivity contribution in [2.45, 2.75) is 52.6 Å². The molecule has 0 aliphatic heterocycles. The van der Waals surface area contributed by atoms with Gasteiger partial charge in [0.15, 0.2) is 0 Å². The molecule has 2 aliphatic carbocycles. The van der Waals surface area contributed by atoms with E-state index in [1.54, 1.807) is 10.4 Å². The molecule has 20 heavy (non-hydrogen) atoms. The van der Waals surface area contributed by atoms with Gasteiger partial charge in [-0.25, -0.2) is 21.5 Å². The molecule has 0 unspecified atom stereocenters. The Morgan fingerprint density at radius 1 is 0.900 bits per heavy atom. The van der Waals surface area contributed by atoms with Gasteiger partial charge in [0, 0.05) is 8.07 Å². The van der Waals surface area contributed by atoms with Gasteiger partial charge in [0.1, 0.15) is 0 Å². The molecular weight excluding hydrogens is 339 g/mol. The van der Waals surface area contributed by atoms with Crippen molar-refractivity contribution < 1.29 is 46.5 Å². The van der Waals surface area contributed by atoms with Gasteiger partial charge in [-0.3, -0.25) is 12.2 Å². The Balaban J connectivity index is 0. The quantitative estimate of drug-likeness (QED) is 0.432. The Labute approximate surface area is 152 Å². The monoisotopic (exact) mass is 360 g/mol. The average Bonchev–Trinajstić information content (AvgIpc) is 2.93. The normalized spacial score (nSPS) is 17.0. The Hall–Kier alpha value is 0.471. The molecule has 0 N–H and O–H groups in total. The van der Waals surface area contributed by atoms with Crippen LogP contribution in [0, 0.1) is 12.2 Å². The number of rotatable bonds is 4. The fourth-order valence-corrected chi connectivity index (χ4v) is 8.03. The molecule has 0 aromatic carbocycles. The van der Waals surface area contributed by atoms with Gasteiger partial charge in [-0.1, -0.05) is 25.9 Å².